The number of hydrogen-bond donors (Lipinski definition) is 1. The van der Waals surface area contributed by atoms with Gasteiger partial charge in [0.2, 0.25) is 5.91 Å². The third-order valence-corrected chi connectivity index (χ3v) is 2.40. The van der Waals surface area contributed by atoms with Crippen molar-refractivity contribution in [3.63, 3.8) is 0 Å². The Labute approximate surface area is 94.1 Å². The number of amides is 1. The van der Waals surface area contributed by atoms with Crippen LogP contribution in [0.25, 0.3) is 0 Å². The van der Waals surface area contributed by atoms with Crippen molar-refractivity contribution in [2.45, 2.75) is 19.4 Å². The van der Waals surface area contributed by atoms with Crippen molar-refractivity contribution in [3.05, 3.63) is 0 Å². The maximum Gasteiger partial charge on any atom is 0.329 e. The van der Waals surface area contributed by atoms with Crippen LogP contribution in [0.3, 0.4) is 0 Å². The molecule has 1 saturated heterocycles. The molecule has 0 aliphatic carbocycles. The molecule has 1 N–H and O–H groups in total. The number of carbonyl (C=O) groups excluding carboxylic acids is 1. The molecule has 6 nitrogen and oxygen atoms in total. The van der Waals surface area contributed by atoms with Crippen LogP contribution in [0.5, 0.6) is 0 Å². The Morgan fingerprint density at radius 1 is 1.44 bits per heavy atom. The molecule has 0 aromatic rings. The average Bonchev–Trinajstić information content (AvgIpc) is 2.16. The second kappa shape index (κ2) is 5.27. The number of rotatable bonds is 4. The van der Waals surface area contributed by atoms with E-state index in [1.165, 1.54) is 0 Å². The van der Waals surface area contributed by atoms with E-state index in [2.05, 4.69) is 0 Å². The van der Waals surface area contributed by atoms with Crippen molar-refractivity contribution in [2.75, 3.05) is 33.0 Å². The summed E-state index contributed by atoms with van der Waals surface area (Å²) >= 11 is 0. The highest BCUT2D eigenvalue weighted by Crippen LogP contribution is 2.18. The third kappa shape index (κ3) is 3.46. The minimum Gasteiger partial charge on any atom is -0.480 e. The lowest BCUT2D eigenvalue weighted by Gasteiger charge is -2.42. The van der Waals surface area contributed by atoms with Gasteiger partial charge in [0.15, 0.2) is 0 Å². The lowest BCUT2D eigenvalue weighted by molar-refractivity contribution is -0.154. The summed E-state index contributed by atoms with van der Waals surface area (Å²) in [6.07, 6.45) is 0. The molecule has 0 aromatic heterocycles. The van der Waals surface area contributed by atoms with Crippen molar-refractivity contribution in [3.8, 4) is 0 Å². The molecule has 0 unspecified atom stereocenters. The van der Waals surface area contributed by atoms with Crippen molar-refractivity contribution >= 4 is 11.9 Å². The molecule has 1 heterocycles. The van der Waals surface area contributed by atoms with E-state index < -0.39 is 12.6 Å². The summed E-state index contributed by atoms with van der Waals surface area (Å²) in [6.45, 7) is 4.67. The Kier molecular flexibility index (Phi) is 4.26. The summed E-state index contributed by atoms with van der Waals surface area (Å²) in [4.78, 5) is 23.6. The number of hydrogen-bond acceptors (Lipinski definition) is 4. The van der Waals surface area contributed by atoms with Crippen LogP contribution in [0.15, 0.2) is 0 Å². The summed E-state index contributed by atoms with van der Waals surface area (Å²) < 4.78 is 10.1. The summed E-state index contributed by atoms with van der Waals surface area (Å²) in [6, 6.07) is 0. The fourth-order valence-corrected chi connectivity index (χ4v) is 1.62. The predicted octanol–water partition coefficient (Wildman–Crippen LogP) is -0.275. The van der Waals surface area contributed by atoms with Crippen LogP contribution in [-0.2, 0) is 19.1 Å². The van der Waals surface area contributed by atoms with Gasteiger partial charge in [-0.05, 0) is 13.8 Å². The fourth-order valence-electron chi connectivity index (χ4n) is 1.62. The van der Waals surface area contributed by atoms with Gasteiger partial charge in [-0.15, -0.1) is 0 Å². The van der Waals surface area contributed by atoms with Gasteiger partial charge in [0.05, 0.1) is 18.8 Å². The molecule has 0 spiro atoms. The second-order valence-corrected chi connectivity index (χ2v) is 4.30. The average molecular weight is 231 g/mol. The molecule has 16 heavy (non-hydrogen) atoms. The highest BCUT2D eigenvalue weighted by atomic mass is 16.5. The van der Waals surface area contributed by atoms with E-state index in [1.54, 1.807) is 4.90 Å². The van der Waals surface area contributed by atoms with Crippen LogP contribution < -0.4 is 0 Å². The zero-order chi connectivity index (χ0) is 12.2. The SMILES string of the molecule is CC1(C)COCCN1C(=O)COCC(=O)O. The zero-order valence-electron chi connectivity index (χ0n) is 9.56. The van der Waals surface area contributed by atoms with E-state index in [1.807, 2.05) is 13.8 Å². The first-order valence-electron chi connectivity index (χ1n) is 5.11. The topological polar surface area (TPSA) is 76.1 Å². The third-order valence-electron chi connectivity index (χ3n) is 2.40. The van der Waals surface area contributed by atoms with Gasteiger partial charge in [-0.3, -0.25) is 4.79 Å². The number of carboxylic acids is 1. The van der Waals surface area contributed by atoms with Gasteiger partial charge >= 0.3 is 5.97 Å². The molecule has 0 atom stereocenters. The molecular formula is C10H17NO5. The van der Waals surface area contributed by atoms with Crippen LogP contribution in [0.2, 0.25) is 0 Å². The Morgan fingerprint density at radius 3 is 2.69 bits per heavy atom. The largest absolute Gasteiger partial charge is 0.480 e. The molecule has 0 radical (unpaired) electrons. The first-order chi connectivity index (χ1) is 7.43. The van der Waals surface area contributed by atoms with Gasteiger partial charge in [-0.1, -0.05) is 0 Å². The van der Waals surface area contributed by atoms with Gasteiger partial charge in [-0.25, -0.2) is 4.79 Å². The Bertz CT molecular complexity index is 276. The maximum atomic E-state index is 11.7. The number of ether oxygens (including phenoxy) is 2. The zero-order valence-corrected chi connectivity index (χ0v) is 9.56. The quantitative estimate of drug-likeness (QED) is 0.720. The number of carboxylic acid groups (broad SMARTS) is 1. The van der Waals surface area contributed by atoms with Crippen molar-refractivity contribution in [1.29, 1.82) is 0 Å². The first kappa shape index (κ1) is 12.9. The van der Waals surface area contributed by atoms with E-state index in [9.17, 15) is 9.59 Å². The van der Waals surface area contributed by atoms with Gasteiger partial charge in [0.1, 0.15) is 13.2 Å². The monoisotopic (exact) mass is 231 g/mol. The minimum atomic E-state index is -1.07. The molecule has 92 valence electrons. The van der Waals surface area contributed by atoms with Gasteiger partial charge in [-0.2, -0.15) is 0 Å². The molecule has 1 fully saturated rings. The summed E-state index contributed by atoms with van der Waals surface area (Å²) in [5.41, 5.74) is -0.359. The number of carbonyl (C=O) groups is 2. The molecule has 1 amide bonds. The molecular weight excluding hydrogens is 214 g/mol. The molecule has 1 aliphatic rings. The fraction of sp³-hybridized carbons (Fsp3) is 0.800. The van der Waals surface area contributed by atoms with E-state index in [4.69, 9.17) is 14.6 Å². The molecule has 0 aromatic carbocycles. The van der Waals surface area contributed by atoms with Crippen LogP contribution in [0.4, 0.5) is 0 Å². The lowest BCUT2D eigenvalue weighted by Crippen LogP contribution is -2.56. The molecule has 0 saturated carbocycles. The van der Waals surface area contributed by atoms with E-state index in [-0.39, 0.29) is 18.1 Å². The molecule has 0 bridgehead atoms. The first-order valence-corrected chi connectivity index (χ1v) is 5.11. The molecule has 1 aliphatic heterocycles. The summed E-state index contributed by atoms with van der Waals surface area (Å²) in [7, 11) is 0. The normalized spacial score (nSPS) is 19.5. The lowest BCUT2D eigenvalue weighted by atomic mass is 10.0. The smallest absolute Gasteiger partial charge is 0.329 e. The Hall–Kier alpha value is -1.14. The van der Waals surface area contributed by atoms with Gasteiger partial charge in [0, 0.05) is 6.54 Å². The predicted molar refractivity (Wildman–Crippen MR) is 55.1 cm³/mol. The number of morpholine rings is 1. The van der Waals surface area contributed by atoms with E-state index >= 15 is 0 Å². The summed E-state index contributed by atoms with van der Waals surface area (Å²) in [5.74, 6) is -1.27. The standard InChI is InChI=1S/C10H17NO5/c1-10(2)7-15-4-3-11(10)8(12)5-16-6-9(13)14/h3-7H2,1-2H3,(H,13,14). The highest BCUT2D eigenvalue weighted by Gasteiger charge is 2.33. The number of nitrogens with zero attached hydrogens (tertiary/aromatic N) is 1. The van der Waals surface area contributed by atoms with Gasteiger partial charge < -0.3 is 19.5 Å². The van der Waals surface area contributed by atoms with Crippen LogP contribution in [0.1, 0.15) is 13.8 Å². The Morgan fingerprint density at radius 2 is 2.12 bits per heavy atom. The number of aliphatic carboxylic acids is 1. The van der Waals surface area contributed by atoms with Crippen molar-refractivity contribution < 1.29 is 24.2 Å². The second-order valence-electron chi connectivity index (χ2n) is 4.30. The van der Waals surface area contributed by atoms with Gasteiger partial charge in [0.25, 0.3) is 0 Å². The molecule has 6 heteroatoms. The minimum absolute atomic E-state index is 0.199. The van der Waals surface area contributed by atoms with Crippen LogP contribution >= 0.6 is 0 Å². The van der Waals surface area contributed by atoms with Crippen molar-refractivity contribution in [1.82, 2.24) is 4.90 Å². The highest BCUT2D eigenvalue weighted by molar-refractivity contribution is 5.78. The van der Waals surface area contributed by atoms with Crippen LogP contribution in [0, 0.1) is 0 Å². The van der Waals surface area contributed by atoms with Crippen LogP contribution in [-0.4, -0.2) is 60.4 Å². The Balaban J connectivity index is 2.42. The molecule has 1 rings (SSSR count). The maximum absolute atomic E-state index is 11.7. The van der Waals surface area contributed by atoms with E-state index in [0.29, 0.717) is 19.8 Å². The van der Waals surface area contributed by atoms with Crippen molar-refractivity contribution in [2.24, 2.45) is 0 Å². The van der Waals surface area contributed by atoms with E-state index in [0.717, 1.165) is 0 Å². The summed E-state index contributed by atoms with van der Waals surface area (Å²) in [5, 5.41) is 8.37.